The average Bonchev–Trinajstić information content (AvgIpc) is 0. The van der Waals surface area contributed by atoms with Gasteiger partial charge in [0.2, 0.25) is 0 Å². The smallest absolute Gasteiger partial charge is 0 e. The van der Waals surface area contributed by atoms with E-state index < -0.39 is 0 Å². The Bertz CT molecular complexity index is 8.00. The van der Waals surface area contributed by atoms with Gasteiger partial charge in [-0.15, -0.1) is 0 Å². The summed E-state index contributed by atoms with van der Waals surface area (Å²) in [5.74, 6) is 0. The van der Waals surface area contributed by atoms with E-state index in [2.05, 4.69) is 0 Å². The van der Waals surface area contributed by atoms with E-state index in [1.807, 2.05) is 0 Å². The standard InChI is InChI=1S/La.Sr.Ti.Zr.2H. The third kappa shape index (κ3) is 9.55. The Labute approximate surface area is 125 Å². The minimum atomic E-state index is 0. The fourth-order valence-electron chi connectivity index (χ4n) is 0. The van der Waals surface area contributed by atoms with Gasteiger partial charge in [0.15, 0.2) is 0 Å². The van der Waals surface area contributed by atoms with Gasteiger partial charge in [0.25, 0.3) is 0 Å². The van der Waals surface area contributed by atoms with Crippen molar-refractivity contribution in [1.82, 2.24) is 0 Å². The minimum absolute atomic E-state index is 0. The minimum Gasteiger partial charge on any atom is 0 e. The van der Waals surface area contributed by atoms with Crippen LogP contribution < -0.4 is 0 Å². The van der Waals surface area contributed by atoms with Crippen LogP contribution in [0.1, 0.15) is 0 Å². The van der Waals surface area contributed by atoms with Gasteiger partial charge in [-0.05, 0) is 0 Å². The molecule has 0 spiro atoms. The van der Waals surface area contributed by atoms with Crippen molar-refractivity contribution in [1.29, 1.82) is 0 Å². The van der Waals surface area contributed by atoms with Gasteiger partial charge in [0.05, 0.1) is 0 Å². The predicted octanol–water partition coefficient (Wildman–Crippen LogP) is -0.921. The van der Waals surface area contributed by atoms with E-state index in [4.69, 9.17) is 0 Å². The summed E-state index contributed by atoms with van der Waals surface area (Å²) in [4.78, 5) is 0. The molecule has 0 atom stereocenters. The zero-order valence-electron chi connectivity index (χ0n) is 1.58. The van der Waals surface area contributed by atoms with E-state index in [1.54, 1.807) is 0 Å². The van der Waals surface area contributed by atoms with Crippen LogP contribution in [0, 0.1) is 35.6 Å². The van der Waals surface area contributed by atoms with Gasteiger partial charge in [0, 0.05) is 83.5 Å². The molecule has 0 fully saturated rings. The van der Waals surface area contributed by atoms with Gasteiger partial charge in [0.1, 0.15) is 0 Å². The van der Waals surface area contributed by atoms with Gasteiger partial charge < -0.3 is 0 Å². The van der Waals surface area contributed by atoms with E-state index in [1.165, 1.54) is 0 Å². The molecule has 0 aliphatic rings. The predicted molar refractivity (Wildman–Crippen MR) is 8.54 cm³/mol. The number of hydrogen-bond acceptors (Lipinski definition) is 0. The monoisotopic (exact) mass is 367 g/mol. The van der Waals surface area contributed by atoms with E-state index in [0.717, 1.165) is 0 Å². The Morgan fingerprint density at radius 3 is 1.00 bits per heavy atom. The molecule has 0 unspecified atom stereocenters. The maximum atomic E-state index is 0. The van der Waals surface area contributed by atoms with Crippen LogP contribution >= 0.6 is 0 Å². The van der Waals surface area contributed by atoms with Crippen LogP contribution in [0.3, 0.4) is 0 Å². The van der Waals surface area contributed by atoms with Crippen molar-refractivity contribution in [3.8, 4) is 0 Å². The second-order valence-corrected chi connectivity index (χ2v) is 0. The van der Waals surface area contributed by atoms with Crippen molar-refractivity contribution in [2.75, 3.05) is 0 Å². The van der Waals surface area contributed by atoms with E-state index in [-0.39, 0.29) is 129 Å². The molecular weight excluding hydrogens is 366 g/mol. The third-order valence-electron chi connectivity index (χ3n) is 0. The van der Waals surface area contributed by atoms with Gasteiger partial charge in [-0.25, -0.2) is 0 Å². The van der Waals surface area contributed by atoms with E-state index >= 15 is 0 Å². The molecule has 0 N–H and O–H groups in total. The Hall–Kier alpha value is 4.27. The normalized spacial score (nSPS) is 0. The summed E-state index contributed by atoms with van der Waals surface area (Å²) in [6.45, 7) is 0. The van der Waals surface area contributed by atoms with E-state index in [0.29, 0.717) is 0 Å². The second-order valence-electron chi connectivity index (χ2n) is 0. The van der Waals surface area contributed by atoms with Crippen LogP contribution in [0.5, 0.6) is 0 Å². The Balaban J connectivity index is 0. The number of rotatable bonds is 0. The molecule has 0 heterocycles. The largest absolute Gasteiger partial charge is 0 e. The van der Waals surface area contributed by atoms with Gasteiger partial charge >= 0.3 is 45.5 Å². The summed E-state index contributed by atoms with van der Waals surface area (Å²) in [7, 11) is 0. The fraction of sp³-hybridized carbons (Fsp3) is 0. The average molecular weight is 368 g/mol. The van der Waals surface area contributed by atoms with Crippen molar-refractivity contribution in [3.63, 3.8) is 0 Å². The van der Waals surface area contributed by atoms with Gasteiger partial charge in [-0.2, -0.15) is 0 Å². The molecule has 4 heteroatoms. The van der Waals surface area contributed by atoms with Crippen molar-refractivity contribution in [3.05, 3.63) is 0 Å². The Morgan fingerprint density at radius 2 is 1.00 bits per heavy atom. The molecule has 0 aromatic heterocycles. The summed E-state index contributed by atoms with van der Waals surface area (Å²) in [6, 6.07) is 0. The second kappa shape index (κ2) is 15.7. The fourth-order valence-corrected chi connectivity index (χ4v) is 0. The molecule has 0 aliphatic heterocycles. The molecule has 0 rings (SSSR count). The number of hydrogen-bond donors (Lipinski definition) is 0. The molecule has 0 bridgehead atoms. The SMILES string of the molecule is [La].[SrH2].[Ti].[Zr]. The van der Waals surface area contributed by atoms with Crippen molar-refractivity contribution < 1.29 is 83.5 Å². The summed E-state index contributed by atoms with van der Waals surface area (Å²) in [5, 5.41) is 0. The maximum absolute atomic E-state index is 0. The summed E-state index contributed by atoms with van der Waals surface area (Å²) < 4.78 is 0. The van der Waals surface area contributed by atoms with Crippen LogP contribution in [-0.4, -0.2) is 45.5 Å². The van der Waals surface area contributed by atoms with Gasteiger partial charge in [-0.3, -0.25) is 0 Å². The van der Waals surface area contributed by atoms with Crippen LogP contribution in [0.25, 0.3) is 0 Å². The molecule has 1 radical (unpaired) electrons. The molecule has 0 aromatic carbocycles. The van der Waals surface area contributed by atoms with Crippen LogP contribution in [0.2, 0.25) is 0 Å². The first-order valence-electron chi connectivity index (χ1n) is 0. The van der Waals surface area contributed by atoms with E-state index in [9.17, 15) is 0 Å². The topological polar surface area (TPSA) is 0 Å². The summed E-state index contributed by atoms with van der Waals surface area (Å²) >= 11 is 0. The molecular formula is H2LaSrTiZr. The van der Waals surface area contributed by atoms with Crippen LogP contribution in [0.4, 0.5) is 0 Å². The van der Waals surface area contributed by atoms with Crippen LogP contribution in [0.15, 0.2) is 0 Å². The van der Waals surface area contributed by atoms with Gasteiger partial charge in [-0.1, -0.05) is 0 Å². The Morgan fingerprint density at radius 1 is 1.00 bits per heavy atom. The molecule has 15 valence electrons. The molecule has 0 saturated carbocycles. The zero-order chi connectivity index (χ0) is 0. The van der Waals surface area contributed by atoms with Crippen molar-refractivity contribution >= 4 is 45.5 Å². The molecule has 4 heavy (non-hydrogen) atoms. The van der Waals surface area contributed by atoms with Crippen molar-refractivity contribution in [2.24, 2.45) is 0 Å². The van der Waals surface area contributed by atoms with Crippen LogP contribution in [-0.2, 0) is 47.9 Å². The molecule has 0 aliphatic carbocycles. The quantitative estimate of drug-likeness (QED) is 0.486. The third-order valence-corrected chi connectivity index (χ3v) is 0. The first-order valence-corrected chi connectivity index (χ1v) is 0. The first-order chi connectivity index (χ1) is 0. The van der Waals surface area contributed by atoms with Crippen molar-refractivity contribution in [2.45, 2.75) is 0 Å². The summed E-state index contributed by atoms with van der Waals surface area (Å²) in [5.41, 5.74) is 0. The summed E-state index contributed by atoms with van der Waals surface area (Å²) in [6.07, 6.45) is 0. The molecule has 0 nitrogen and oxygen atoms in total. The maximum Gasteiger partial charge on any atom is 0 e. The first kappa shape index (κ1) is 24.0. The molecule has 0 aromatic rings. The molecule has 0 amide bonds. The Kier molecular flexibility index (Phi) is 93.9. The molecule has 0 saturated heterocycles. The zero-order valence-corrected chi connectivity index (χ0v) is 9.22.